The molecule has 7 heteroatoms. The monoisotopic (exact) mass is 458 g/mol. The quantitative estimate of drug-likeness (QED) is 0.370. The minimum Gasteiger partial charge on any atom is -0.493 e. The van der Waals surface area contributed by atoms with E-state index >= 15 is 0 Å². The van der Waals surface area contributed by atoms with Crippen LogP contribution in [0, 0.1) is 0 Å². The maximum atomic E-state index is 11.9. The summed E-state index contributed by atoms with van der Waals surface area (Å²) in [6.45, 7) is 6.44. The van der Waals surface area contributed by atoms with Gasteiger partial charge in [-0.2, -0.15) is 0 Å². The van der Waals surface area contributed by atoms with E-state index < -0.39 is 0 Å². The molecule has 172 valence electrons. The van der Waals surface area contributed by atoms with Crippen molar-refractivity contribution < 1.29 is 19.0 Å². The first-order valence-electron chi connectivity index (χ1n) is 11.1. The Kier molecular flexibility index (Phi) is 9.38. The van der Waals surface area contributed by atoms with Gasteiger partial charge in [-0.1, -0.05) is 30.2 Å². The van der Waals surface area contributed by atoms with Crippen LogP contribution < -0.4 is 9.47 Å². The zero-order valence-corrected chi connectivity index (χ0v) is 19.6. The summed E-state index contributed by atoms with van der Waals surface area (Å²) in [5, 5.41) is 0.448. The number of ether oxygens (including phenoxy) is 3. The highest BCUT2D eigenvalue weighted by atomic mass is 35.5. The predicted octanol–water partition coefficient (Wildman–Crippen LogP) is 5.01. The van der Waals surface area contributed by atoms with Gasteiger partial charge < -0.3 is 19.1 Å². The fourth-order valence-corrected chi connectivity index (χ4v) is 3.94. The fraction of sp³-hybridized carbons (Fsp3) is 0.440. The Hall–Kier alpha value is -2.57. The molecular weight excluding hydrogens is 428 g/mol. The maximum absolute atomic E-state index is 11.9. The zero-order chi connectivity index (χ0) is 22.8. The average Bonchev–Trinajstić information content (AvgIpc) is 2.82. The van der Waals surface area contributed by atoms with Gasteiger partial charge in [0, 0.05) is 12.8 Å². The van der Waals surface area contributed by atoms with E-state index in [1.165, 1.54) is 32.4 Å². The van der Waals surface area contributed by atoms with Crippen molar-refractivity contribution in [1.29, 1.82) is 0 Å². The Balaban J connectivity index is 1.61. The lowest BCUT2D eigenvalue weighted by atomic mass is 10.1. The number of benzene rings is 2. The molecule has 1 aliphatic heterocycles. The summed E-state index contributed by atoms with van der Waals surface area (Å²) in [6, 6.07) is 10.8. The third-order valence-electron chi connectivity index (χ3n) is 5.31. The predicted molar refractivity (Wildman–Crippen MR) is 127 cm³/mol. The molecule has 6 nitrogen and oxygen atoms in total. The number of carbonyl (C=O) groups excluding carboxylic acids is 1. The smallest absolute Gasteiger partial charge is 0.338 e. The molecule has 1 heterocycles. The third kappa shape index (κ3) is 6.97. The highest BCUT2D eigenvalue weighted by molar-refractivity contribution is 6.32. The summed E-state index contributed by atoms with van der Waals surface area (Å²) < 4.78 is 16.5. The molecule has 0 saturated carbocycles. The number of hydrogen-bond acceptors (Lipinski definition) is 6. The average molecular weight is 459 g/mol. The number of carbonyl (C=O) groups is 1. The first kappa shape index (κ1) is 24.1. The normalized spacial score (nSPS) is 14.5. The summed E-state index contributed by atoms with van der Waals surface area (Å²) in [5.74, 6) is 0.645. The van der Waals surface area contributed by atoms with Crippen LogP contribution in [0.25, 0.3) is 0 Å². The SMILES string of the molecule is CCOC(=O)c1cccc(COc2c(Cl)cc(C=NCCN3CCCCC3)cc2OC)c1. The molecule has 32 heavy (non-hydrogen) atoms. The molecule has 3 rings (SSSR count). The second-order valence-corrected chi connectivity index (χ2v) is 8.09. The number of nitrogens with zero attached hydrogens (tertiary/aromatic N) is 2. The largest absolute Gasteiger partial charge is 0.493 e. The van der Waals surface area contributed by atoms with Gasteiger partial charge in [-0.05, 0) is 68.2 Å². The van der Waals surface area contributed by atoms with Gasteiger partial charge >= 0.3 is 5.97 Å². The summed E-state index contributed by atoms with van der Waals surface area (Å²) in [6.07, 6.45) is 5.73. The molecule has 0 aromatic heterocycles. The first-order chi connectivity index (χ1) is 15.6. The van der Waals surface area contributed by atoms with Gasteiger partial charge in [-0.3, -0.25) is 4.99 Å². The minimum absolute atomic E-state index is 0.243. The number of aliphatic imine (C=N–C) groups is 1. The number of rotatable bonds is 10. The third-order valence-corrected chi connectivity index (χ3v) is 5.59. The molecule has 0 atom stereocenters. The molecule has 0 N–H and O–H groups in total. The lowest BCUT2D eigenvalue weighted by molar-refractivity contribution is 0.0526. The fourth-order valence-electron chi connectivity index (χ4n) is 3.66. The molecule has 0 amide bonds. The number of esters is 1. The summed E-state index contributed by atoms with van der Waals surface area (Å²) in [5.41, 5.74) is 2.18. The maximum Gasteiger partial charge on any atom is 0.338 e. The van der Waals surface area contributed by atoms with Crippen LogP contribution in [0.15, 0.2) is 41.4 Å². The standard InChI is InChI=1S/C25H31ClN2O4/c1-3-31-25(29)21-9-7-8-19(14-21)18-32-24-22(26)15-20(16-23(24)30-2)17-27-10-13-28-11-5-4-6-12-28/h7-9,14-17H,3-6,10-13,18H2,1-2H3. The number of likely N-dealkylation sites (tertiary alicyclic amines) is 1. The molecule has 2 aromatic rings. The van der Waals surface area contributed by atoms with Crippen molar-refractivity contribution in [2.24, 2.45) is 4.99 Å². The van der Waals surface area contributed by atoms with E-state index in [2.05, 4.69) is 9.89 Å². The highest BCUT2D eigenvalue weighted by Crippen LogP contribution is 2.36. The van der Waals surface area contributed by atoms with Crippen molar-refractivity contribution in [3.8, 4) is 11.5 Å². The van der Waals surface area contributed by atoms with Gasteiger partial charge in [0.1, 0.15) is 6.61 Å². The number of piperidine rings is 1. The van der Waals surface area contributed by atoms with E-state index in [4.69, 9.17) is 25.8 Å². The van der Waals surface area contributed by atoms with Crippen LogP contribution in [-0.2, 0) is 11.3 Å². The molecule has 0 radical (unpaired) electrons. The molecule has 0 bridgehead atoms. The lowest BCUT2D eigenvalue weighted by Gasteiger charge is -2.25. The number of hydrogen-bond donors (Lipinski definition) is 0. The van der Waals surface area contributed by atoms with Crippen LogP contribution in [0.5, 0.6) is 11.5 Å². The van der Waals surface area contributed by atoms with Crippen molar-refractivity contribution in [2.75, 3.05) is 39.9 Å². The van der Waals surface area contributed by atoms with E-state index in [-0.39, 0.29) is 12.6 Å². The van der Waals surface area contributed by atoms with E-state index in [1.807, 2.05) is 24.4 Å². The molecule has 0 unspecified atom stereocenters. The lowest BCUT2D eigenvalue weighted by Crippen LogP contribution is -2.31. The second kappa shape index (κ2) is 12.5. The van der Waals surface area contributed by atoms with Crippen molar-refractivity contribution in [3.05, 3.63) is 58.1 Å². The molecule has 1 fully saturated rings. The van der Waals surface area contributed by atoms with Crippen LogP contribution in [-0.4, -0.2) is 57.0 Å². The van der Waals surface area contributed by atoms with Crippen molar-refractivity contribution in [1.82, 2.24) is 4.90 Å². The first-order valence-corrected chi connectivity index (χ1v) is 11.5. The Bertz CT molecular complexity index is 926. The van der Waals surface area contributed by atoms with Gasteiger partial charge in [-0.15, -0.1) is 0 Å². The topological polar surface area (TPSA) is 60.4 Å². The van der Waals surface area contributed by atoms with Crippen molar-refractivity contribution >= 4 is 23.8 Å². The number of halogens is 1. The summed E-state index contributed by atoms with van der Waals surface area (Å²) in [7, 11) is 1.58. The van der Waals surface area contributed by atoms with E-state index in [9.17, 15) is 4.79 Å². The van der Waals surface area contributed by atoms with Crippen LogP contribution in [0.1, 0.15) is 47.7 Å². The molecule has 1 aliphatic rings. The van der Waals surface area contributed by atoms with Crippen LogP contribution in [0.2, 0.25) is 5.02 Å². The van der Waals surface area contributed by atoms with Gasteiger partial charge in [0.05, 0.1) is 30.8 Å². The molecule has 0 spiro atoms. The van der Waals surface area contributed by atoms with Crippen molar-refractivity contribution in [3.63, 3.8) is 0 Å². The van der Waals surface area contributed by atoms with Crippen molar-refractivity contribution in [2.45, 2.75) is 32.8 Å². The summed E-state index contributed by atoms with van der Waals surface area (Å²) in [4.78, 5) is 19.0. The molecule has 1 saturated heterocycles. The number of methoxy groups -OCH3 is 1. The van der Waals surface area contributed by atoms with Gasteiger partial charge in [-0.25, -0.2) is 4.79 Å². The van der Waals surface area contributed by atoms with Gasteiger partial charge in [0.25, 0.3) is 0 Å². The van der Waals surface area contributed by atoms with Gasteiger partial charge in [0.2, 0.25) is 0 Å². The minimum atomic E-state index is -0.353. The highest BCUT2D eigenvalue weighted by Gasteiger charge is 2.13. The molecule has 0 aliphatic carbocycles. The van der Waals surface area contributed by atoms with E-state index in [1.54, 1.807) is 32.2 Å². The van der Waals surface area contributed by atoms with E-state index in [0.29, 0.717) is 28.7 Å². The second-order valence-electron chi connectivity index (χ2n) is 7.68. The molecular formula is C25H31ClN2O4. The Morgan fingerprint density at radius 1 is 1.19 bits per heavy atom. The van der Waals surface area contributed by atoms with Crippen LogP contribution in [0.3, 0.4) is 0 Å². The Labute approximate surface area is 195 Å². The van der Waals surface area contributed by atoms with E-state index in [0.717, 1.165) is 24.2 Å². The zero-order valence-electron chi connectivity index (χ0n) is 18.8. The van der Waals surface area contributed by atoms with Crippen LogP contribution in [0.4, 0.5) is 0 Å². The van der Waals surface area contributed by atoms with Gasteiger partial charge in [0.15, 0.2) is 11.5 Å². The summed E-state index contributed by atoms with van der Waals surface area (Å²) >= 11 is 6.49. The van der Waals surface area contributed by atoms with Crippen LogP contribution >= 0.6 is 11.6 Å². The molecule has 2 aromatic carbocycles. The Morgan fingerprint density at radius 2 is 2.00 bits per heavy atom. The Morgan fingerprint density at radius 3 is 2.75 bits per heavy atom.